The number of benzene rings is 1. The molecule has 1 unspecified atom stereocenters. The third-order valence-electron chi connectivity index (χ3n) is 4.68. The summed E-state index contributed by atoms with van der Waals surface area (Å²) in [5, 5.41) is 0. The molecule has 0 aromatic heterocycles. The Morgan fingerprint density at radius 3 is 2.75 bits per heavy atom. The molecule has 0 bridgehead atoms. The van der Waals surface area contributed by atoms with Gasteiger partial charge in [0.25, 0.3) is 11.8 Å². The van der Waals surface area contributed by atoms with E-state index >= 15 is 0 Å². The highest BCUT2D eigenvalue weighted by atomic mass is 16.5. The zero-order chi connectivity index (χ0) is 19.7. The van der Waals surface area contributed by atoms with E-state index in [0.29, 0.717) is 28.4 Å². The van der Waals surface area contributed by atoms with E-state index in [1.165, 1.54) is 12.4 Å². The topological polar surface area (TPSA) is 101 Å². The Bertz CT molecular complexity index is 1020. The van der Waals surface area contributed by atoms with Crippen molar-refractivity contribution in [3.63, 3.8) is 0 Å². The molecule has 1 saturated heterocycles. The van der Waals surface area contributed by atoms with Crippen LogP contribution in [-0.2, 0) is 14.4 Å². The Hall–Kier alpha value is -3.68. The Morgan fingerprint density at radius 2 is 2.00 bits per heavy atom. The second-order valence-corrected chi connectivity index (χ2v) is 6.43. The lowest BCUT2D eigenvalue weighted by atomic mass is 10.0. The van der Waals surface area contributed by atoms with Crippen LogP contribution in [0.15, 0.2) is 63.0 Å². The first-order valence-corrected chi connectivity index (χ1v) is 8.67. The molecule has 0 N–H and O–H groups in total. The van der Waals surface area contributed by atoms with Crippen molar-refractivity contribution < 1.29 is 19.1 Å². The van der Waals surface area contributed by atoms with Crippen LogP contribution in [0.5, 0.6) is 5.75 Å². The Balaban J connectivity index is 1.49. The summed E-state index contributed by atoms with van der Waals surface area (Å²) in [5.74, 6) is -0.795. The van der Waals surface area contributed by atoms with E-state index in [1.54, 1.807) is 48.4 Å². The molecule has 3 aliphatic rings. The van der Waals surface area contributed by atoms with Gasteiger partial charge in [0.1, 0.15) is 12.1 Å². The molecule has 0 saturated carbocycles. The van der Waals surface area contributed by atoms with Gasteiger partial charge in [-0.2, -0.15) is 4.99 Å². The molecule has 1 atom stereocenters. The number of methoxy groups -OCH3 is 1. The SMILES string of the molecule is COc1ccc(N2CC(C(=O)N=C3C=CC4=NC=NC(=O)C4=C3)CC2=O)cc1. The van der Waals surface area contributed by atoms with Gasteiger partial charge in [0.2, 0.25) is 5.91 Å². The molecule has 8 nitrogen and oxygen atoms in total. The van der Waals surface area contributed by atoms with E-state index < -0.39 is 17.7 Å². The van der Waals surface area contributed by atoms with Crippen molar-refractivity contribution in [2.45, 2.75) is 6.42 Å². The number of rotatable bonds is 3. The van der Waals surface area contributed by atoms with Crippen LogP contribution in [0.4, 0.5) is 5.69 Å². The summed E-state index contributed by atoms with van der Waals surface area (Å²) in [7, 11) is 1.57. The number of amides is 3. The molecule has 2 aliphatic heterocycles. The van der Waals surface area contributed by atoms with E-state index in [-0.39, 0.29) is 18.9 Å². The van der Waals surface area contributed by atoms with E-state index in [0.717, 1.165) is 0 Å². The number of nitrogens with zero attached hydrogens (tertiary/aromatic N) is 4. The molecule has 0 spiro atoms. The highest BCUT2D eigenvalue weighted by Gasteiger charge is 2.35. The molecular formula is C20H16N4O4. The highest BCUT2D eigenvalue weighted by Crippen LogP contribution is 2.27. The van der Waals surface area contributed by atoms with Crippen LogP contribution >= 0.6 is 0 Å². The van der Waals surface area contributed by atoms with Crippen molar-refractivity contribution >= 4 is 41.2 Å². The Labute approximate surface area is 160 Å². The van der Waals surface area contributed by atoms with Crippen LogP contribution < -0.4 is 9.64 Å². The van der Waals surface area contributed by atoms with Gasteiger partial charge in [0, 0.05) is 18.7 Å². The van der Waals surface area contributed by atoms with Crippen LogP contribution in [0.1, 0.15) is 6.42 Å². The van der Waals surface area contributed by atoms with E-state index in [4.69, 9.17) is 4.74 Å². The van der Waals surface area contributed by atoms with Crippen LogP contribution in [0.2, 0.25) is 0 Å². The smallest absolute Gasteiger partial charge is 0.280 e. The molecule has 140 valence electrons. The number of allylic oxidation sites excluding steroid dienone is 3. The average molecular weight is 376 g/mol. The zero-order valence-corrected chi connectivity index (χ0v) is 15.0. The number of hydrogen-bond donors (Lipinski definition) is 0. The number of anilines is 1. The summed E-state index contributed by atoms with van der Waals surface area (Å²) in [4.78, 5) is 50.1. The van der Waals surface area contributed by atoms with Gasteiger partial charge in [-0.15, -0.1) is 0 Å². The Morgan fingerprint density at radius 1 is 1.21 bits per heavy atom. The monoisotopic (exact) mass is 376 g/mol. The van der Waals surface area contributed by atoms with Gasteiger partial charge in [-0.1, -0.05) is 0 Å². The lowest BCUT2D eigenvalue weighted by Crippen LogP contribution is -2.25. The van der Waals surface area contributed by atoms with Crippen molar-refractivity contribution in [1.29, 1.82) is 0 Å². The lowest BCUT2D eigenvalue weighted by Gasteiger charge is -2.16. The molecule has 1 aromatic rings. The van der Waals surface area contributed by atoms with Crippen LogP contribution in [0.25, 0.3) is 0 Å². The molecule has 1 aromatic carbocycles. The Kier molecular flexibility index (Phi) is 4.52. The lowest BCUT2D eigenvalue weighted by molar-refractivity contribution is -0.123. The normalized spacial score (nSPS) is 22.2. The molecular weight excluding hydrogens is 360 g/mol. The van der Waals surface area contributed by atoms with Gasteiger partial charge in [-0.25, -0.2) is 9.98 Å². The number of carbonyl (C=O) groups excluding carboxylic acids is 3. The molecule has 8 heteroatoms. The summed E-state index contributed by atoms with van der Waals surface area (Å²) in [6.07, 6.45) is 6.02. The number of ether oxygens (including phenoxy) is 1. The van der Waals surface area contributed by atoms with Crippen LogP contribution in [0.3, 0.4) is 0 Å². The largest absolute Gasteiger partial charge is 0.497 e. The van der Waals surface area contributed by atoms with E-state index in [2.05, 4.69) is 15.0 Å². The first-order valence-electron chi connectivity index (χ1n) is 8.67. The zero-order valence-electron chi connectivity index (χ0n) is 15.0. The first-order chi connectivity index (χ1) is 13.5. The third kappa shape index (κ3) is 3.32. The third-order valence-corrected chi connectivity index (χ3v) is 4.68. The summed E-state index contributed by atoms with van der Waals surface area (Å²) in [6, 6.07) is 7.08. The molecule has 0 radical (unpaired) electrons. The quantitative estimate of drug-likeness (QED) is 0.747. The summed E-state index contributed by atoms with van der Waals surface area (Å²) in [5.41, 5.74) is 1.85. The van der Waals surface area contributed by atoms with Crippen molar-refractivity contribution in [3.8, 4) is 5.75 Å². The second kappa shape index (κ2) is 7.15. The van der Waals surface area contributed by atoms with Crippen LogP contribution in [-0.4, -0.2) is 49.1 Å². The fraction of sp³-hybridized carbons (Fsp3) is 0.200. The van der Waals surface area contributed by atoms with Crippen molar-refractivity contribution in [1.82, 2.24) is 0 Å². The molecule has 4 rings (SSSR count). The van der Waals surface area contributed by atoms with E-state index in [1.807, 2.05) is 0 Å². The molecule has 28 heavy (non-hydrogen) atoms. The van der Waals surface area contributed by atoms with Gasteiger partial charge in [-0.3, -0.25) is 14.4 Å². The second-order valence-electron chi connectivity index (χ2n) is 6.43. The van der Waals surface area contributed by atoms with Crippen molar-refractivity contribution in [3.05, 3.63) is 48.1 Å². The molecule has 2 heterocycles. The predicted molar refractivity (Wildman–Crippen MR) is 104 cm³/mol. The van der Waals surface area contributed by atoms with Gasteiger partial charge < -0.3 is 9.64 Å². The van der Waals surface area contributed by atoms with E-state index in [9.17, 15) is 14.4 Å². The number of fused-ring (bicyclic) bond motifs is 1. The predicted octanol–water partition coefficient (Wildman–Crippen LogP) is 1.52. The standard InChI is InChI=1S/C20H16N4O4/c1-28-15-5-3-14(4-6-15)24-10-12(8-18(24)25)19(26)23-13-2-7-17-16(9-13)20(27)22-11-21-17/h2-7,9,11-12H,8,10H2,1H3. The fourth-order valence-electron chi connectivity index (χ4n) is 3.19. The van der Waals surface area contributed by atoms with Gasteiger partial charge >= 0.3 is 0 Å². The van der Waals surface area contributed by atoms with Crippen molar-refractivity contribution in [2.24, 2.45) is 20.9 Å². The maximum atomic E-state index is 12.6. The van der Waals surface area contributed by atoms with Gasteiger partial charge in [0.05, 0.1) is 30.0 Å². The number of hydrogen-bond acceptors (Lipinski definition) is 5. The maximum Gasteiger partial charge on any atom is 0.280 e. The van der Waals surface area contributed by atoms with Crippen molar-refractivity contribution in [2.75, 3.05) is 18.6 Å². The highest BCUT2D eigenvalue weighted by molar-refractivity contribution is 6.36. The van der Waals surface area contributed by atoms with Gasteiger partial charge in [0.15, 0.2) is 0 Å². The molecule has 1 fully saturated rings. The minimum atomic E-state index is -0.538. The average Bonchev–Trinajstić information content (AvgIpc) is 3.10. The summed E-state index contributed by atoms with van der Waals surface area (Å²) < 4.78 is 5.12. The maximum absolute atomic E-state index is 12.6. The van der Waals surface area contributed by atoms with Crippen LogP contribution in [0, 0.1) is 5.92 Å². The molecule has 3 amide bonds. The molecule has 1 aliphatic carbocycles. The number of carbonyl (C=O) groups is 3. The minimum absolute atomic E-state index is 0.0951. The fourth-order valence-corrected chi connectivity index (χ4v) is 3.19. The number of aliphatic imine (C=N–C) groups is 3. The summed E-state index contributed by atoms with van der Waals surface area (Å²) in [6.45, 7) is 0.261. The summed E-state index contributed by atoms with van der Waals surface area (Å²) >= 11 is 0. The van der Waals surface area contributed by atoms with Gasteiger partial charge in [-0.05, 0) is 42.5 Å². The first kappa shape index (κ1) is 17.7. The minimum Gasteiger partial charge on any atom is -0.497 e.